The van der Waals surface area contributed by atoms with Gasteiger partial charge in [-0.25, -0.2) is 0 Å². The minimum atomic E-state index is 0.549. The van der Waals surface area contributed by atoms with E-state index in [1.807, 2.05) is 54.6 Å². The van der Waals surface area contributed by atoms with Gasteiger partial charge in [0, 0.05) is 12.1 Å². The van der Waals surface area contributed by atoms with Crippen LogP contribution in [-0.4, -0.2) is 4.99 Å². The maximum Gasteiger partial charge on any atom is 0.120 e. The van der Waals surface area contributed by atoms with E-state index in [-0.39, 0.29) is 0 Å². The van der Waals surface area contributed by atoms with Crippen molar-refractivity contribution in [2.45, 2.75) is 20.1 Å². The lowest BCUT2D eigenvalue weighted by atomic mass is 10.1. The molecule has 1 N–H and O–H groups in total. The Kier molecular flexibility index (Phi) is 5.81. The van der Waals surface area contributed by atoms with Crippen LogP contribution < -0.4 is 10.1 Å². The highest BCUT2D eigenvalue weighted by Gasteiger charge is 2.04. The van der Waals surface area contributed by atoms with E-state index < -0.39 is 0 Å². The van der Waals surface area contributed by atoms with E-state index in [9.17, 15) is 0 Å². The van der Waals surface area contributed by atoms with E-state index in [0.717, 1.165) is 28.4 Å². The van der Waals surface area contributed by atoms with E-state index in [1.165, 1.54) is 11.1 Å². The second-order valence-corrected chi connectivity index (χ2v) is 6.32. The van der Waals surface area contributed by atoms with Gasteiger partial charge in [-0.3, -0.25) is 0 Å². The predicted molar refractivity (Wildman–Crippen MR) is 107 cm³/mol. The van der Waals surface area contributed by atoms with Gasteiger partial charge in [-0.1, -0.05) is 78.9 Å². The molecule has 25 heavy (non-hydrogen) atoms. The minimum Gasteiger partial charge on any atom is -0.489 e. The Bertz CT molecular complexity index is 845. The molecule has 0 amide bonds. The first-order valence-electron chi connectivity index (χ1n) is 8.32. The van der Waals surface area contributed by atoms with Crippen LogP contribution in [0.5, 0.6) is 5.75 Å². The van der Waals surface area contributed by atoms with E-state index in [0.29, 0.717) is 6.61 Å². The van der Waals surface area contributed by atoms with E-state index in [2.05, 4.69) is 36.5 Å². The van der Waals surface area contributed by atoms with Crippen molar-refractivity contribution in [1.29, 1.82) is 0 Å². The van der Waals surface area contributed by atoms with Crippen molar-refractivity contribution in [2.75, 3.05) is 0 Å². The molecular formula is C22H21NOS. The molecule has 3 heteroatoms. The molecule has 0 aliphatic carbocycles. The van der Waals surface area contributed by atoms with Crippen LogP contribution in [0.25, 0.3) is 0 Å². The van der Waals surface area contributed by atoms with Crippen LogP contribution in [0, 0.1) is 6.92 Å². The third-order valence-electron chi connectivity index (χ3n) is 4.05. The lowest BCUT2D eigenvalue weighted by Gasteiger charge is -2.12. The number of hydrogen-bond acceptors (Lipinski definition) is 2. The Morgan fingerprint density at radius 3 is 2.48 bits per heavy atom. The average molecular weight is 347 g/mol. The molecule has 3 aromatic carbocycles. The summed E-state index contributed by atoms with van der Waals surface area (Å²) in [5, 5.41) is 3.33. The number of hydrogen-bond donors (Lipinski definition) is 1. The minimum absolute atomic E-state index is 0.549. The number of benzene rings is 3. The van der Waals surface area contributed by atoms with Crippen molar-refractivity contribution >= 4 is 17.2 Å². The summed E-state index contributed by atoms with van der Waals surface area (Å²) in [7, 11) is 0. The zero-order valence-electron chi connectivity index (χ0n) is 14.2. The third-order valence-corrected chi connectivity index (χ3v) is 4.43. The molecule has 126 valence electrons. The Morgan fingerprint density at radius 1 is 0.920 bits per heavy atom. The van der Waals surface area contributed by atoms with Gasteiger partial charge in [0.1, 0.15) is 17.3 Å². The quantitative estimate of drug-likeness (QED) is 0.631. The number of rotatable bonds is 6. The second-order valence-electron chi connectivity index (χ2n) is 5.91. The molecule has 0 atom stereocenters. The summed E-state index contributed by atoms with van der Waals surface area (Å²) in [6, 6.07) is 26.4. The molecule has 0 fully saturated rings. The van der Waals surface area contributed by atoms with Crippen LogP contribution >= 0.6 is 12.2 Å². The Labute approximate surface area is 154 Å². The molecule has 2 nitrogen and oxygen atoms in total. The van der Waals surface area contributed by atoms with Gasteiger partial charge in [0.2, 0.25) is 0 Å². The van der Waals surface area contributed by atoms with E-state index in [4.69, 9.17) is 17.0 Å². The lowest BCUT2D eigenvalue weighted by Crippen LogP contribution is -2.22. The van der Waals surface area contributed by atoms with Gasteiger partial charge in [0.25, 0.3) is 0 Å². The fourth-order valence-electron chi connectivity index (χ4n) is 2.55. The van der Waals surface area contributed by atoms with Crippen LogP contribution in [0.3, 0.4) is 0 Å². The molecule has 0 aliphatic rings. The van der Waals surface area contributed by atoms with Crippen molar-refractivity contribution in [3.05, 3.63) is 101 Å². The summed E-state index contributed by atoms with van der Waals surface area (Å²) < 4.78 is 5.88. The standard InChI is InChI=1S/C22H21NOS/c1-17-8-5-6-11-20(17)15-23-22(25)19-12-7-13-21(14-19)24-16-18-9-3-2-4-10-18/h2-14H,15-16H2,1H3,(H,23,25). The summed E-state index contributed by atoms with van der Waals surface area (Å²) in [5.74, 6) is 0.821. The van der Waals surface area contributed by atoms with Gasteiger partial charge in [-0.15, -0.1) is 0 Å². The molecule has 0 spiro atoms. The van der Waals surface area contributed by atoms with Crippen LogP contribution in [0.1, 0.15) is 22.3 Å². The third kappa shape index (κ3) is 4.91. The molecule has 0 heterocycles. The molecule has 3 rings (SSSR count). The highest BCUT2D eigenvalue weighted by atomic mass is 32.1. The molecule has 0 saturated carbocycles. The molecule has 0 unspecified atom stereocenters. The van der Waals surface area contributed by atoms with Gasteiger partial charge in [-0.05, 0) is 35.7 Å². The highest BCUT2D eigenvalue weighted by molar-refractivity contribution is 7.80. The van der Waals surface area contributed by atoms with Gasteiger partial charge in [-0.2, -0.15) is 0 Å². The van der Waals surface area contributed by atoms with Crippen molar-refractivity contribution in [2.24, 2.45) is 0 Å². The maximum absolute atomic E-state index is 5.88. The Balaban J connectivity index is 1.60. The first-order chi connectivity index (χ1) is 12.2. The van der Waals surface area contributed by atoms with Crippen molar-refractivity contribution in [3.63, 3.8) is 0 Å². The largest absolute Gasteiger partial charge is 0.489 e. The summed E-state index contributed by atoms with van der Waals surface area (Å²) in [6.45, 7) is 3.38. The smallest absolute Gasteiger partial charge is 0.120 e. The van der Waals surface area contributed by atoms with Crippen LogP contribution in [-0.2, 0) is 13.2 Å². The van der Waals surface area contributed by atoms with Gasteiger partial charge in [0.15, 0.2) is 0 Å². The molecule has 0 aliphatic heterocycles. The summed E-state index contributed by atoms with van der Waals surface area (Å²) in [6.07, 6.45) is 0. The molecule has 0 saturated heterocycles. The number of ether oxygens (including phenoxy) is 1. The maximum atomic E-state index is 5.88. The zero-order valence-corrected chi connectivity index (χ0v) is 15.1. The fraction of sp³-hybridized carbons (Fsp3) is 0.136. The van der Waals surface area contributed by atoms with E-state index in [1.54, 1.807) is 0 Å². The lowest BCUT2D eigenvalue weighted by molar-refractivity contribution is 0.306. The fourth-order valence-corrected chi connectivity index (χ4v) is 2.75. The molecule has 3 aromatic rings. The summed E-state index contributed by atoms with van der Waals surface area (Å²) in [4.78, 5) is 0.730. The first-order valence-corrected chi connectivity index (χ1v) is 8.73. The predicted octanol–water partition coefficient (Wildman–Crippen LogP) is 5.04. The number of nitrogens with one attached hydrogen (secondary N) is 1. The van der Waals surface area contributed by atoms with Gasteiger partial charge < -0.3 is 10.1 Å². The summed E-state index contributed by atoms with van der Waals surface area (Å²) in [5.41, 5.74) is 4.63. The van der Waals surface area contributed by atoms with Crippen molar-refractivity contribution in [1.82, 2.24) is 5.32 Å². The van der Waals surface area contributed by atoms with Crippen LogP contribution in [0.2, 0.25) is 0 Å². The monoisotopic (exact) mass is 347 g/mol. The normalized spacial score (nSPS) is 10.3. The van der Waals surface area contributed by atoms with Gasteiger partial charge in [0.05, 0.1) is 0 Å². The van der Waals surface area contributed by atoms with Crippen molar-refractivity contribution in [3.8, 4) is 5.75 Å². The topological polar surface area (TPSA) is 21.3 Å². The van der Waals surface area contributed by atoms with Crippen molar-refractivity contribution < 1.29 is 4.74 Å². The van der Waals surface area contributed by atoms with Crippen LogP contribution in [0.15, 0.2) is 78.9 Å². The molecular weight excluding hydrogens is 326 g/mol. The highest BCUT2D eigenvalue weighted by Crippen LogP contribution is 2.16. The molecule has 0 radical (unpaired) electrons. The average Bonchev–Trinajstić information content (AvgIpc) is 2.66. The van der Waals surface area contributed by atoms with Crippen LogP contribution in [0.4, 0.5) is 0 Å². The van der Waals surface area contributed by atoms with Gasteiger partial charge >= 0.3 is 0 Å². The SMILES string of the molecule is Cc1ccccc1CNC(=S)c1cccc(OCc2ccccc2)c1. The molecule has 0 bridgehead atoms. The number of thiocarbonyl (C=S) groups is 1. The summed E-state index contributed by atoms with van der Waals surface area (Å²) >= 11 is 5.53. The Morgan fingerprint density at radius 2 is 1.68 bits per heavy atom. The van der Waals surface area contributed by atoms with E-state index >= 15 is 0 Å². The first kappa shape index (κ1) is 17.2. The molecule has 0 aromatic heterocycles. The second kappa shape index (κ2) is 8.45. The number of aryl methyl sites for hydroxylation is 1. The Hall–Kier alpha value is -2.65. The zero-order chi connectivity index (χ0) is 17.5.